The van der Waals surface area contributed by atoms with E-state index in [2.05, 4.69) is 21.2 Å². The number of nitriles is 1. The number of aryl methyl sites for hydroxylation is 1. The van der Waals surface area contributed by atoms with E-state index in [1.807, 2.05) is 13.0 Å². The maximum absolute atomic E-state index is 13.4. The second-order valence-corrected chi connectivity index (χ2v) is 8.33. The number of halogens is 3. The molecule has 0 aromatic heterocycles. The number of amides is 1. The van der Waals surface area contributed by atoms with E-state index in [0.717, 1.165) is 5.56 Å². The van der Waals surface area contributed by atoms with Gasteiger partial charge in [-0.2, -0.15) is 5.26 Å². The quantitative estimate of drug-likeness (QED) is 0.274. The molecule has 0 radical (unpaired) electrons. The van der Waals surface area contributed by atoms with Crippen molar-refractivity contribution in [2.24, 2.45) is 0 Å². The highest BCUT2D eigenvalue weighted by atomic mass is 79.9. The molecule has 5 nitrogen and oxygen atoms in total. The highest BCUT2D eigenvalue weighted by Gasteiger charge is 2.15. The van der Waals surface area contributed by atoms with Crippen molar-refractivity contribution in [1.82, 2.24) is 0 Å². The topological polar surface area (TPSA) is 71.3 Å². The molecule has 1 N–H and O–H groups in total. The van der Waals surface area contributed by atoms with Crippen molar-refractivity contribution in [3.8, 4) is 17.6 Å². The summed E-state index contributed by atoms with van der Waals surface area (Å²) in [5, 5.41) is 12.7. The summed E-state index contributed by atoms with van der Waals surface area (Å²) in [7, 11) is 1.48. The highest BCUT2D eigenvalue weighted by Crippen LogP contribution is 2.38. The molecule has 0 unspecified atom stereocenters. The van der Waals surface area contributed by atoms with Crippen LogP contribution in [0.15, 0.2) is 64.6 Å². The Balaban J connectivity index is 1.84. The Kier molecular flexibility index (Phi) is 8.10. The number of rotatable bonds is 7. The first-order valence-corrected chi connectivity index (χ1v) is 10.9. The van der Waals surface area contributed by atoms with E-state index in [1.54, 1.807) is 42.5 Å². The minimum Gasteiger partial charge on any atom is -0.493 e. The molecule has 0 saturated carbocycles. The summed E-state index contributed by atoms with van der Waals surface area (Å²) < 4.78 is 25.2. The fraction of sp³-hybridized carbons (Fsp3) is 0.120. The monoisotopic (exact) mass is 528 g/mol. The maximum atomic E-state index is 13.4. The predicted octanol–water partition coefficient (Wildman–Crippen LogP) is 6.68. The number of benzene rings is 3. The van der Waals surface area contributed by atoms with Gasteiger partial charge >= 0.3 is 0 Å². The first-order chi connectivity index (χ1) is 15.8. The molecule has 3 aromatic rings. The Bertz CT molecular complexity index is 1270. The average Bonchev–Trinajstić information content (AvgIpc) is 2.78. The third-order valence-corrected chi connectivity index (χ3v) is 5.47. The zero-order valence-electron chi connectivity index (χ0n) is 17.8. The van der Waals surface area contributed by atoms with Crippen LogP contribution in [0.2, 0.25) is 5.02 Å². The molecule has 8 heteroatoms. The number of hydrogen-bond acceptors (Lipinski definition) is 4. The van der Waals surface area contributed by atoms with Gasteiger partial charge in [-0.05, 0) is 82.0 Å². The molecule has 0 atom stereocenters. The summed E-state index contributed by atoms with van der Waals surface area (Å²) >= 11 is 9.44. The van der Waals surface area contributed by atoms with Crippen molar-refractivity contribution in [3.63, 3.8) is 0 Å². The van der Waals surface area contributed by atoms with Gasteiger partial charge in [0.15, 0.2) is 11.5 Å². The van der Waals surface area contributed by atoms with E-state index in [-0.39, 0.29) is 18.0 Å². The number of ether oxygens (including phenoxy) is 2. The second kappa shape index (κ2) is 11.0. The lowest BCUT2D eigenvalue weighted by Crippen LogP contribution is -2.14. The van der Waals surface area contributed by atoms with Crippen LogP contribution >= 0.6 is 27.5 Å². The van der Waals surface area contributed by atoms with Crippen LogP contribution in [0, 0.1) is 24.1 Å². The molecule has 33 heavy (non-hydrogen) atoms. The Morgan fingerprint density at radius 2 is 2.03 bits per heavy atom. The second-order valence-electron chi connectivity index (χ2n) is 7.04. The highest BCUT2D eigenvalue weighted by molar-refractivity contribution is 9.10. The largest absolute Gasteiger partial charge is 0.493 e. The van der Waals surface area contributed by atoms with Gasteiger partial charge in [-0.15, -0.1) is 0 Å². The molecule has 3 aromatic carbocycles. The SMILES string of the molecule is COc1cc(/C=C(\C#N)C(=O)Nc2cc(Cl)ccc2C)cc(Br)c1OCc1cccc(F)c1. The molecule has 3 rings (SSSR count). The number of nitrogens with one attached hydrogen (secondary N) is 1. The van der Waals surface area contributed by atoms with Crippen LogP contribution < -0.4 is 14.8 Å². The first kappa shape index (κ1) is 24.3. The molecular weight excluding hydrogens is 511 g/mol. The Labute approximate surface area is 204 Å². The van der Waals surface area contributed by atoms with Crippen LogP contribution in [0.25, 0.3) is 6.08 Å². The van der Waals surface area contributed by atoms with E-state index in [0.29, 0.717) is 37.8 Å². The molecule has 0 heterocycles. The third-order valence-electron chi connectivity index (χ3n) is 4.65. The number of methoxy groups -OCH3 is 1. The molecule has 0 saturated heterocycles. The molecule has 0 bridgehead atoms. The molecule has 0 aliphatic carbocycles. The van der Waals surface area contributed by atoms with Gasteiger partial charge < -0.3 is 14.8 Å². The van der Waals surface area contributed by atoms with Crippen molar-refractivity contribution in [3.05, 3.63) is 92.2 Å². The molecule has 0 aliphatic rings. The molecule has 1 amide bonds. The van der Waals surface area contributed by atoms with Crippen molar-refractivity contribution in [1.29, 1.82) is 5.26 Å². The van der Waals surface area contributed by atoms with Gasteiger partial charge in [-0.1, -0.05) is 29.8 Å². The zero-order valence-corrected chi connectivity index (χ0v) is 20.1. The Hall–Kier alpha value is -3.34. The van der Waals surface area contributed by atoms with Gasteiger partial charge in [-0.3, -0.25) is 4.79 Å². The minimum absolute atomic E-state index is 0.100. The fourth-order valence-corrected chi connectivity index (χ4v) is 3.73. The first-order valence-electron chi connectivity index (χ1n) is 9.74. The summed E-state index contributed by atoms with van der Waals surface area (Å²) in [5.41, 5.74) is 2.44. The van der Waals surface area contributed by atoms with Gasteiger partial charge in [-0.25, -0.2) is 4.39 Å². The number of anilines is 1. The van der Waals surface area contributed by atoms with E-state index >= 15 is 0 Å². The predicted molar refractivity (Wildman–Crippen MR) is 130 cm³/mol. The third kappa shape index (κ3) is 6.35. The lowest BCUT2D eigenvalue weighted by atomic mass is 10.1. The standard InChI is InChI=1S/C25H19BrClFN2O3/c1-15-6-7-19(27)12-22(15)30-25(31)18(13-29)8-17-10-21(26)24(23(11-17)32-2)33-14-16-4-3-5-20(28)9-16/h3-12H,14H2,1-2H3,(H,30,31)/b18-8+. The summed E-state index contributed by atoms with van der Waals surface area (Å²) in [4.78, 5) is 12.7. The molecule has 168 valence electrons. The van der Waals surface area contributed by atoms with E-state index in [9.17, 15) is 14.4 Å². The van der Waals surface area contributed by atoms with Crippen molar-refractivity contribution < 1.29 is 18.7 Å². The average molecular weight is 530 g/mol. The Morgan fingerprint density at radius 1 is 1.24 bits per heavy atom. The number of carbonyl (C=O) groups is 1. The van der Waals surface area contributed by atoms with Crippen molar-refractivity contribution in [2.45, 2.75) is 13.5 Å². The van der Waals surface area contributed by atoms with Crippen LogP contribution in [0.5, 0.6) is 11.5 Å². The van der Waals surface area contributed by atoms with Crippen LogP contribution in [0.1, 0.15) is 16.7 Å². The number of hydrogen-bond donors (Lipinski definition) is 1. The van der Waals surface area contributed by atoms with E-state index in [1.165, 1.54) is 25.3 Å². The van der Waals surface area contributed by atoms with Crippen LogP contribution in [-0.2, 0) is 11.4 Å². The van der Waals surface area contributed by atoms with Gasteiger partial charge in [0, 0.05) is 10.7 Å². The van der Waals surface area contributed by atoms with Crippen LogP contribution in [0.4, 0.5) is 10.1 Å². The number of nitrogens with zero attached hydrogens (tertiary/aromatic N) is 1. The van der Waals surface area contributed by atoms with Gasteiger partial charge in [0.05, 0.1) is 11.6 Å². The Morgan fingerprint density at radius 3 is 2.73 bits per heavy atom. The summed E-state index contributed by atoms with van der Waals surface area (Å²) in [6, 6.07) is 16.5. The smallest absolute Gasteiger partial charge is 0.266 e. The maximum Gasteiger partial charge on any atom is 0.266 e. The lowest BCUT2D eigenvalue weighted by Gasteiger charge is -2.14. The van der Waals surface area contributed by atoms with Gasteiger partial charge in [0.1, 0.15) is 24.1 Å². The van der Waals surface area contributed by atoms with Crippen LogP contribution in [-0.4, -0.2) is 13.0 Å². The minimum atomic E-state index is -0.565. The molecular formula is C25H19BrClFN2O3. The summed E-state index contributed by atoms with van der Waals surface area (Å²) in [5.74, 6) is -0.117. The zero-order chi connectivity index (χ0) is 24.0. The van der Waals surface area contributed by atoms with Crippen LogP contribution in [0.3, 0.4) is 0 Å². The summed E-state index contributed by atoms with van der Waals surface area (Å²) in [6.07, 6.45) is 1.44. The lowest BCUT2D eigenvalue weighted by molar-refractivity contribution is -0.112. The summed E-state index contributed by atoms with van der Waals surface area (Å²) in [6.45, 7) is 1.96. The molecule has 0 spiro atoms. The van der Waals surface area contributed by atoms with Gasteiger partial charge in [0.25, 0.3) is 5.91 Å². The van der Waals surface area contributed by atoms with E-state index < -0.39 is 5.91 Å². The van der Waals surface area contributed by atoms with E-state index in [4.69, 9.17) is 21.1 Å². The fourth-order valence-electron chi connectivity index (χ4n) is 2.98. The number of carbonyl (C=O) groups excluding carboxylic acids is 1. The molecule has 0 aliphatic heterocycles. The normalized spacial score (nSPS) is 11.0. The van der Waals surface area contributed by atoms with Gasteiger partial charge in [0.2, 0.25) is 0 Å². The van der Waals surface area contributed by atoms with Crippen molar-refractivity contribution in [2.75, 3.05) is 12.4 Å². The van der Waals surface area contributed by atoms with Crippen molar-refractivity contribution >= 4 is 45.2 Å². The molecule has 0 fully saturated rings.